The minimum atomic E-state index is 0.710. The molecule has 6 heteroatoms. The fraction of sp³-hybridized carbons (Fsp3) is 0.273. The van der Waals surface area contributed by atoms with Gasteiger partial charge in [-0.2, -0.15) is 0 Å². The van der Waals surface area contributed by atoms with Crippen LogP contribution in [-0.4, -0.2) is 54.5 Å². The van der Waals surface area contributed by atoms with Crippen molar-refractivity contribution in [1.29, 1.82) is 0 Å². The smallest absolute Gasteiger partial charge is 0.156 e. The first-order valence-corrected chi connectivity index (χ1v) is 9.90. The van der Waals surface area contributed by atoms with E-state index in [1.54, 1.807) is 0 Å². The van der Waals surface area contributed by atoms with Crippen LogP contribution in [0.25, 0.3) is 22.4 Å². The second-order valence-corrected chi connectivity index (χ2v) is 7.18. The standard InChI is InChI=1S/C22H23ClN4O/c23-19-8-6-18(7-9-19)21-16-20(17-4-2-1-3-5-17)22(26-25-21)24-10-11-27-12-14-28-15-13-27/h1-9,16H,10-15H2,(H,24,26). The summed E-state index contributed by atoms with van der Waals surface area (Å²) < 4.78 is 5.41. The Morgan fingerprint density at radius 2 is 1.68 bits per heavy atom. The van der Waals surface area contributed by atoms with Gasteiger partial charge in [0, 0.05) is 42.3 Å². The lowest BCUT2D eigenvalue weighted by Crippen LogP contribution is -2.39. The maximum Gasteiger partial charge on any atom is 0.156 e. The molecule has 0 radical (unpaired) electrons. The van der Waals surface area contributed by atoms with E-state index >= 15 is 0 Å². The van der Waals surface area contributed by atoms with Crippen LogP contribution >= 0.6 is 11.6 Å². The average Bonchev–Trinajstić information content (AvgIpc) is 2.76. The van der Waals surface area contributed by atoms with Crippen LogP contribution in [0.15, 0.2) is 60.7 Å². The summed E-state index contributed by atoms with van der Waals surface area (Å²) in [6, 6.07) is 20.0. The highest BCUT2D eigenvalue weighted by Crippen LogP contribution is 2.30. The molecule has 1 aromatic heterocycles. The molecular weight excluding hydrogens is 372 g/mol. The quantitative estimate of drug-likeness (QED) is 0.678. The summed E-state index contributed by atoms with van der Waals surface area (Å²) in [5, 5.41) is 13.1. The Morgan fingerprint density at radius 3 is 2.43 bits per heavy atom. The Bertz CT molecular complexity index is 896. The Labute approximate surface area is 170 Å². The molecule has 0 unspecified atom stereocenters. The summed E-state index contributed by atoms with van der Waals surface area (Å²) >= 11 is 6.01. The Hall–Kier alpha value is -2.47. The van der Waals surface area contributed by atoms with E-state index in [-0.39, 0.29) is 0 Å². The SMILES string of the molecule is Clc1ccc(-c2cc(-c3ccccc3)c(NCCN3CCOCC3)nn2)cc1. The number of nitrogens with zero attached hydrogens (tertiary/aromatic N) is 3. The van der Waals surface area contributed by atoms with Crippen LogP contribution in [0, 0.1) is 0 Å². The number of anilines is 1. The van der Waals surface area contributed by atoms with Crippen LogP contribution in [-0.2, 0) is 4.74 Å². The van der Waals surface area contributed by atoms with E-state index in [2.05, 4.69) is 38.6 Å². The first kappa shape index (κ1) is 18.9. The molecule has 1 aliphatic rings. The van der Waals surface area contributed by atoms with E-state index in [0.717, 1.165) is 67.6 Å². The second kappa shape index (κ2) is 9.15. The van der Waals surface area contributed by atoms with Crippen molar-refractivity contribution < 1.29 is 4.74 Å². The fourth-order valence-electron chi connectivity index (χ4n) is 3.28. The molecule has 1 saturated heterocycles. The molecule has 2 aromatic carbocycles. The number of ether oxygens (including phenoxy) is 1. The minimum absolute atomic E-state index is 0.710. The number of benzene rings is 2. The number of hydrogen-bond donors (Lipinski definition) is 1. The monoisotopic (exact) mass is 394 g/mol. The summed E-state index contributed by atoms with van der Waals surface area (Å²) in [7, 11) is 0. The van der Waals surface area contributed by atoms with Crippen molar-refractivity contribution >= 4 is 17.4 Å². The fourth-order valence-corrected chi connectivity index (χ4v) is 3.40. The number of morpholine rings is 1. The summed E-state index contributed by atoms with van der Waals surface area (Å²) in [6.45, 7) is 5.35. The van der Waals surface area contributed by atoms with Gasteiger partial charge in [-0.3, -0.25) is 4.90 Å². The maximum atomic E-state index is 6.01. The van der Waals surface area contributed by atoms with Crippen LogP contribution in [0.2, 0.25) is 5.02 Å². The molecule has 3 aromatic rings. The minimum Gasteiger partial charge on any atom is -0.379 e. The van der Waals surface area contributed by atoms with Gasteiger partial charge >= 0.3 is 0 Å². The average molecular weight is 395 g/mol. The zero-order chi connectivity index (χ0) is 19.2. The molecule has 2 heterocycles. The van der Waals surface area contributed by atoms with Gasteiger partial charge in [-0.15, -0.1) is 10.2 Å². The highest BCUT2D eigenvalue weighted by molar-refractivity contribution is 6.30. The molecule has 144 valence electrons. The zero-order valence-corrected chi connectivity index (χ0v) is 16.4. The van der Waals surface area contributed by atoms with Gasteiger partial charge in [0.2, 0.25) is 0 Å². The maximum absolute atomic E-state index is 6.01. The van der Waals surface area contributed by atoms with E-state index in [9.17, 15) is 0 Å². The molecule has 0 amide bonds. The second-order valence-electron chi connectivity index (χ2n) is 6.75. The van der Waals surface area contributed by atoms with E-state index in [4.69, 9.17) is 16.3 Å². The third kappa shape index (κ3) is 4.68. The molecule has 0 bridgehead atoms. The Balaban J connectivity index is 1.57. The summed E-state index contributed by atoms with van der Waals surface area (Å²) in [6.07, 6.45) is 0. The normalized spacial score (nSPS) is 14.8. The predicted molar refractivity (Wildman–Crippen MR) is 114 cm³/mol. The predicted octanol–water partition coefficient (Wildman–Crippen LogP) is 4.21. The van der Waals surface area contributed by atoms with Gasteiger partial charge < -0.3 is 10.1 Å². The molecule has 1 N–H and O–H groups in total. The van der Waals surface area contributed by atoms with Gasteiger partial charge in [0.05, 0.1) is 18.9 Å². The number of aromatic nitrogens is 2. The van der Waals surface area contributed by atoms with Crippen molar-refractivity contribution in [2.75, 3.05) is 44.7 Å². The molecule has 28 heavy (non-hydrogen) atoms. The molecule has 0 saturated carbocycles. The van der Waals surface area contributed by atoms with Gasteiger partial charge in [-0.1, -0.05) is 54.1 Å². The van der Waals surface area contributed by atoms with Gasteiger partial charge in [-0.25, -0.2) is 0 Å². The van der Waals surface area contributed by atoms with Crippen LogP contribution in [0.1, 0.15) is 0 Å². The first-order valence-electron chi connectivity index (χ1n) is 9.53. The topological polar surface area (TPSA) is 50.3 Å². The summed E-state index contributed by atoms with van der Waals surface area (Å²) in [5.74, 6) is 0.803. The van der Waals surface area contributed by atoms with Crippen molar-refractivity contribution in [3.8, 4) is 22.4 Å². The molecule has 1 fully saturated rings. The lowest BCUT2D eigenvalue weighted by molar-refractivity contribution is 0.0398. The highest BCUT2D eigenvalue weighted by Gasteiger charge is 2.13. The number of nitrogens with one attached hydrogen (secondary N) is 1. The molecule has 5 nitrogen and oxygen atoms in total. The largest absolute Gasteiger partial charge is 0.379 e. The molecule has 4 rings (SSSR count). The van der Waals surface area contributed by atoms with E-state index in [1.807, 2.05) is 42.5 Å². The zero-order valence-electron chi connectivity index (χ0n) is 15.6. The Morgan fingerprint density at radius 1 is 0.929 bits per heavy atom. The van der Waals surface area contributed by atoms with Gasteiger partial charge in [-0.05, 0) is 23.8 Å². The van der Waals surface area contributed by atoms with Crippen LogP contribution in [0.5, 0.6) is 0 Å². The first-order chi connectivity index (χ1) is 13.8. The van der Waals surface area contributed by atoms with Crippen LogP contribution in [0.3, 0.4) is 0 Å². The molecule has 0 atom stereocenters. The Kier molecular flexibility index (Phi) is 6.17. The van der Waals surface area contributed by atoms with Crippen molar-refractivity contribution in [2.45, 2.75) is 0 Å². The van der Waals surface area contributed by atoms with Crippen molar-refractivity contribution in [1.82, 2.24) is 15.1 Å². The lowest BCUT2D eigenvalue weighted by Gasteiger charge is -2.26. The van der Waals surface area contributed by atoms with Crippen molar-refractivity contribution in [2.24, 2.45) is 0 Å². The number of halogens is 1. The molecule has 0 aliphatic carbocycles. The summed E-state index contributed by atoms with van der Waals surface area (Å²) in [5.41, 5.74) is 3.98. The van der Waals surface area contributed by atoms with Gasteiger partial charge in [0.25, 0.3) is 0 Å². The van der Waals surface area contributed by atoms with Gasteiger partial charge in [0.1, 0.15) is 0 Å². The third-order valence-electron chi connectivity index (χ3n) is 4.84. The molecular formula is C22H23ClN4O. The highest BCUT2D eigenvalue weighted by atomic mass is 35.5. The molecule has 1 aliphatic heterocycles. The lowest BCUT2D eigenvalue weighted by atomic mass is 10.0. The number of rotatable bonds is 6. The summed E-state index contributed by atoms with van der Waals surface area (Å²) in [4.78, 5) is 2.40. The number of hydrogen-bond acceptors (Lipinski definition) is 5. The van der Waals surface area contributed by atoms with Crippen LogP contribution in [0.4, 0.5) is 5.82 Å². The van der Waals surface area contributed by atoms with Crippen LogP contribution < -0.4 is 5.32 Å². The van der Waals surface area contributed by atoms with Gasteiger partial charge in [0.15, 0.2) is 5.82 Å². The van der Waals surface area contributed by atoms with Crippen molar-refractivity contribution in [3.63, 3.8) is 0 Å². The van der Waals surface area contributed by atoms with Crippen molar-refractivity contribution in [3.05, 3.63) is 65.7 Å². The van der Waals surface area contributed by atoms with E-state index in [1.165, 1.54) is 0 Å². The third-order valence-corrected chi connectivity index (χ3v) is 5.09. The van der Waals surface area contributed by atoms with E-state index < -0.39 is 0 Å². The molecule has 0 spiro atoms. The van der Waals surface area contributed by atoms with E-state index in [0.29, 0.717) is 5.02 Å².